The van der Waals surface area contributed by atoms with Crippen LogP contribution in [0.3, 0.4) is 0 Å². The molecule has 122 valence electrons. The second-order valence-electron chi connectivity index (χ2n) is 5.96. The highest BCUT2D eigenvalue weighted by atomic mass is 35.5. The van der Waals surface area contributed by atoms with Crippen LogP contribution in [0.5, 0.6) is 5.88 Å². The van der Waals surface area contributed by atoms with Gasteiger partial charge in [-0.3, -0.25) is 0 Å². The number of benzene rings is 1. The quantitative estimate of drug-likeness (QED) is 0.832. The highest BCUT2D eigenvalue weighted by Crippen LogP contribution is 2.32. The number of ether oxygens (including phenoxy) is 1. The average Bonchev–Trinajstić information content (AvgIpc) is 2.88. The molecule has 1 saturated heterocycles. The van der Waals surface area contributed by atoms with Gasteiger partial charge in [-0.2, -0.15) is 0 Å². The zero-order valence-electron chi connectivity index (χ0n) is 13.4. The van der Waals surface area contributed by atoms with Crippen LogP contribution >= 0.6 is 23.2 Å². The molecule has 0 amide bonds. The maximum atomic E-state index is 6.29. The molecule has 1 fully saturated rings. The molecule has 1 aliphatic heterocycles. The Bertz CT molecular complexity index is 736. The molecule has 23 heavy (non-hydrogen) atoms. The number of hydrogen-bond donors (Lipinski definition) is 0. The number of aromatic nitrogens is 2. The molecule has 1 aromatic carbocycles. The van der Waals surface area contributed by atoms with Crippen molar-refractivity contribution < 1.29 is 4.74 Å². The van der Waals surface area contributed by atoms with Crippen molar-refractivity contribution in [2.75, 3.05) is 20.1 Å². The monoisotopic (exact) mass is 351 g/mol. The molecule has 1 aromatic heterocycles. The maximum Gasteiger partial charge on any atom is 0.235 e. The van der Waals surface area contributed by atoms with Gasteiger partial charge in [0.2, 0.25) is 5.88 Å². The molecule has 0 spiro atoms. The number of likely N-dealkylation sites (tertiary alicyclic amines) is 1. The summed E-state index contributed by atoms with van der Waals surface area (Å²) in [6.07, 6.45) is 1.19. The highest BCUT2D eigenvalue weighted by Gasteiger charge is 2.23. The van der Waals surface area contributed by atoms with Crippen LogP contribution in [0, 0.1) is 13.8 Å². The molecule has 0 aliphatic carbocycles. The van der Waals surface area contributed by atoms with Gasteiger partial charge in [-0.05, 0) is 45.5 Å². The number of halogens is 2. The second-order valence-corrected chi connectivity index (χ2v) is 6.81. The van der Waals surface area contributed by atoms with E-state index in [2.05, 4.69) is 21.9 Å². The summed E-state index contributed by atoms with van der Waals surface area (Å²) in [6, 6.07) is 5.39. The lowest BCUT2D eigenvalue weighted by molar-refractivity contribution is 0.197. The Kier molecular flexibility index (Phi) is 4.76. The molecule has 1 atom stereocenters. The Balaban J connectivity index is 1.91. The van der Waals surface area contributed by atoms with E-state index in [1.807, 2.05) is 19.9 Å². The van der Waals surface area contributed by atoms with E-state index in [1.54, 1.807) is 12.1 Å². The van der Waals surface area contributed by atoms with Gasteiger partial charge in [-0.25, -0.2) is 9.97 Å². The van der Waals surface area contributed by atoms with E-state index in [-0.39, 0.29) is 6.10 Å². The molecule has 0 radical (unpaired) electrons. The van der Waals surface area contributed by atoms with Crippen LogP contribution in [0.4, 0.5) is 0 Å². The fraction of sp³-hybridized carbons (Fsp3) is 0.412. The summed E-state index contributed by atoms with van der Waals surface area (Å²) in [5, 5.41) is 1.17. The first kappa shape index (κ1) is 16.5. The van der Waals surface area contributed by atoms with E-state index >= 15 is 0 Å². The molecule has 3 rings (SSSR count). The Morgan fingerprint density at radius 2 is 1.96 bits per heavy atom. The minimum absolute atomic E-state index is 0.178. The smallest absolute Gasteiger partial charge is 0.235 e. The van der Waals surface area contributed by atoms with Gasteiger partial charge in [0.25, 0.3) is 0 Å². The van der Waals surface area contributed by atoms with Crippen LogP contribution in [0.25, 0.3) is 11.3 Å². The summed E-state index contributed by atoms with van der Waals surface area (Å²) in [5.41, 5.74) is 3.16. The molecular formula is C17H19Cl2N3O. The Morgan fingerprint density at radius 1 is 1.17 bits per heavy atom. The van der Waals surface area contributed by atoms with Crippen molar-refractivity contribution in [3.8, 4) is 17.1 Å². The third-order valence-corrected chi connectivity index (χ3v) is 4.56. The van der Waals surface area contributed by atoms with Gasteiger partial charge in [0, 0.05) is 23.7 Å². The van der Waals surface area contributed by atoms with Crippen molar-refractivity contribution in [3.05, 3.63) is 39.6 Å². The first-order chi connectivity index (χ1) is 10.9. The van der Waals surface area contributed by atoms with E-state index in [0.29, 0.717) is 15.9 Å². The molecule has 2 heterocycles. The largest absolute Gasteiger partial charge is 0.472 e. The minimum atomic E-state index is 0.178. The van der Waals surface area contributed by atoms with Gasteiger partial charge in [0.15, 0.2) is 0 Å². The van der Waals surface area contributed by atoms with Crippen molar-refractivity contribution in [3.63, 3.8) is 0 Å². The van der Waals surface area contributed by atoms with Gasteiger partial charge < -0.3 is 9.64 Å². The van der Waals surface area contributed by atoms with E-state index in [9.17, 15) is 0 Å². The van der Waals surface area contributed by atoms with Gasteiger partial charge in [-0.15, -0.1) is 0 Å². The van der Waals surface area contributed by atoms with Crippen molar-refractivity contribution in [2.45, 2.75) is 26.4 Å². The summed E-state index contributed by atoms with van der Waals surface area (Å²) in [4.78, 5) is 11.5. The zero-order valence-corrected chi connectivity index (χ0v) is 14.9. The van der Waals surface area contributed by atoms with Crippen LogP contribution in [0.2, 0.25) is 10.0 Å². The zero-order chi connectivity index (χ0) is 16.6. The normalized spacial score (nSPS) is 18.4. The standard InChI is InChI=1S/C17H19Cl2N3O/c1-10-16(14-5-4-12(18)8-15(14)19)20-11(2)17(21-10)23-13-6-7-22(3)9-13/h4-5,8,13H,6-7,9H2,1-3H3. The lowest BCUT2D eigenvalue weighted by Crippen LogP contribution is -2.22. The molecule has 2 aromatic rings. The number of hydrogen-bond acceptors (Lipinski definition) is 4. The summed E-state index contributed by atoms with van der Waals surface area (Å²) < 4.78 is 6.03. The first-order valence-electron chi connectivity index (χ1n) is 7.60. The average molecular weight is 352 g/mol. The molecule has 4 nitrogen and oxygen atoms in total. The van der Waals surface area contributed by atoms with Gasteiger partial charge in [0.05, 0.1) is 16.4 Å². The van der Waals surface area contributed by atoms with Crippen LogP contribution in [-0.2, 0) is 0 Å². The van der Waals surface area contributed by atoms with Gasteiger partial charge >= 0.3 is 0 Å². The minimum Gasteiger partial charge on any atom is -0.472 e. The first-order valence-corrected chi connectivity index (χ1v) is 8.35. The maximum absolute atomic E-state index is 6.29. The number of aryl methyl sites for hydroxylation is 2. The summed E-state index contributed by atoms with van der Waals surface area (Å²) in [5.74, 6) is 0.608. The SMILES string of the molecule is Cc1nc(-c2ccc(Cl)cc2Cl)c(C)nc1OC1CCN(C)C1. The van der Waals surface area contributed by atoms with E-state index in [1.165, 1.54) is 0 Å². The number of rotatable bonds is 3. The van der Waals surface area contributed by atoms with Crippen LogP contribution < -0.4 is 4.74 Å². The molecular weight excluding hydrogens is 333 g/mol. The lowest BCUT2D eigenvalue weighted by Gasteiger charge is -2.16. The number of nitrogens with zero attached hydrogens (tertiary/aromatic N) is 3. The summed E-state index contributed by atoms with van der Waals surface area (Å²) in [6.45, 7) is 5.80. The van der Waals surface area contributed by atoms with Crippen LogP contribution in [0.1, 0.15) is 17.8 Å². The van der Waals surface area contributed by atoms with Crippen LogP contribution in [-0.4, -0.2) is 41.1 Å². The number of likely N-dealkylation sites (N-methyl/N-ethyl adjacent to an activating group) is 1. The fourth-order valence-electron chi connectivity index (χ4n) is 2.78. The molecule has 6 heteroatoms. The van der Waals surface area contributed by atoms with Gasteiger partial charge in [0.1, 0.15) is 11.8 Å². The third-order valence-electron chi connectivity index (χ3n) is 4.01. The van der Waals surface area contributed by atoms with Crippen molar-refractivity contribution >= 4 is 23.2 Å². The predicted molar refractivity (Wildman–Crippen MR) is 93.5 cm³/mol. The third kappa shape index (κ3) is 3.60. The highest BCUT2D eigenvalue weighted by molar-refractivity contribution is 6.36. The van der Waals surface area contributed by atoms with Crippen LogP contribution in [0.15, 0.2) is 18.2 Å². The molecule has 0 bridgehead atoms. The Morgan fingerprint density at radius 3 is 2.61 bits per heavy atom. The van der Waals surface area contributed by atoms with E-state index in [0.717, 1.165) is 42.2 Å². The Labute approximate surface area is 146 Å². The fourth-order valence-corrected chi connectivity index (χ4v) is 3.28. The van der Waals surface area contributed by atoms with E-state index < -0.39 is 0 Å². The van der Waals surface area contributed by atoms with Crippen molar-refractivity contribution in [1.82, 2.24) is 14.9 Å². The Hall–Kier alpha value is -1.36. The summed E-state index contributed by atoms with van der Waals surface area (Å²) in [7, 11) is 2.10. The van der Waals surface area contributed by atoms with Crippen molar-refractivity contribution in [1.29, 1.82) is 0 Å². The summed E-state index contributed by atoms with van der Waals surface area (Å²) >= 11 is 12.3. The topological polar surface area (TPSA) is 38.3 Å². The molecule has 0 saturated carbocycles. The lowest BCUT2D eigenvalue weighted by atomic mass is 10.1. The molecule has 1 unspecified atom stereocenters. The van der Waals surface area contributed by atoms with Gasteiger partial charge in [-0.1, -0.05) is 23.2 Å². The van der Waals surface area contributed by atoms with E-state index in [4.69, 9.17) is 27.9 Å². The molecule has 1 aliphatic rings. The second kappa shape index (κ2) is 6.63. The predicted octanol–water partition coefficient (Wildman–Crippen LogP) is 4.15. The molecule has 0 N–H and O–H groups in total. The van der Waals surface area contributed by atoms with Crippen molar-refractivity contribution in [2.24, 2.45) is 0 Å².